The van der Waals surface area contributed by atoms with Crippen LogP contribution in [-0.4, -0.2) is 154 Å². The number of carbonyl (C=O) groups is 12. The zero-order valence-corrected chi connectivity index (χ0v) is 76.7. The van der Waals surface area contributed by atoms with Crippen molar-refractivity contribution in [2.45, 2.75) is 95.6 Å². The Morgan fingerprint density at radius 2 is 0.600 bits per heavy atom. The van der Waals surface area contributed by atoms with Crippen LogP contribution in [0.5, 0.6) is 0 Å². The highest BCUT2D eigenvalue weighted by Gasteiger charge is 2.50. The summed E-state index contributed by atoms with van der Waals surface area (Å²) in [5, 5.41) is 16.6. The predicted octanol–water partition coefficient (Wildman–Crippen LogP) is 15.0. The van der Waals surface area contributed by atoms with Crippen LogP contribution < -0.4 is 26.6 Å². The first-order valence-electron chi connectivity index (χ1n) is 40.4. The maximum Gasteiger partial charge on any atom is 0.266 e. The number of hydrogen-bond acceptors (Lipinski definition) is 18. The summed E-state index contributed by atoms with van der Waals surface area (Å²) in [6.45, 7) is 0. The van der Waals surface area contributed by atoms with E-state index in [2.05, 4.69) is 42.5 Å². The minimum Gasteiger partial charge on any atom is -0.325 e. The number of aryl methyl sites for hydroxylation is 4. The van der Waals surface area contributed by atoms with E-state index in [1.165, 1.54) is 53.4 Å². The molecular formula is C94H79BrCl4N10O18S3. The van der Waals surface area contributed by atoms with Crippen LogP contribution in [0.15, 0.2) is 250 Å². The summed E-state index contributed by atoms with van der Waals surface area (Å²) in [7, 11) is -5.64. The molecule has 18 rings (SSSR count). The van der Waals surface area contributed by atoms with Gasteiger partial charge in [-0.3, -0.25) is 67.3 Å². The molecule has 5 heterocycles. The Labute approximate surface area is 775 Å². The van der Waals surface area contributed by atoms with Crippen molar-refractivity contribution in [2.24, 2.45) is 0 Å². The molecule has 5 unspecified atom stereocenters. The van der Waals surface area contributed by atoms with Crippen LogP contribution in [0.2, 0.25) is 20.1 Å². The van der Waals surface area contributed by atoms with E-state index in [4.69, 9.17) is 46.4 Å². The summed E-state index contributed by atoms with van der Waals surface area (Å²) >= 11 is 26.9. The number of nitrogens with one attached hydrogen (secondary N) is 5. The van der Waals surface area contributed by atoms with E-state index in [9.17, 15) is 82.8 Å². The van der Waals surface area contributed by atoms with Gasteiger partial charge in [-0.15, -0.1) is 0 Å². The number of fused-ring (bicyclic) bond motifs is 8. The monoisotopic (exact) mass is 1950 g/mol. The number of sulfonamides is 3. The van der Waals surface area contributed by atoms with Crippen molar-refractivity contribution < 1.29 is 82.8 Å². The molecule has 5 aliphatic heterocycles. The molecule has 12 amide bonds. The van der Waals surface area contributed by atoms with Gasteiger partial charge in [0.1, 0.15) is 29.6 Å². The van der Waals surface area contributed by atoms with Crippen molar-refractivity contribution in [2.75, 3.05) is 61.8 Å². The number of benzene rings is 11. The Hall–Kier alpha value is -12.8. The summed E-state index contributed by atoms with van der Waals surface area (Å²) in [5.41, 5.74) is 8.78. The highest BCUT2D eigenvalue weighted by molar-refractivity contribution is 9.10. The zero-order valence-electron chi connectivity index (χ0n) is 69.7. The van der Waals surface area contributed by atoms with Gasteiger partial charge in [0.15, 0.2) is 0 Å². The fourth-order valence-corrected chi connectivity index (χ4v) is 21.0. The molecule has 0 fully saturated rings. The largest absolute Gasteiger partial charge is 0.325 e. The van der Waals surface area contributed by atoms with Crippen LogP contribution in [-0.2, 0) is 104 Å². The molecule has 0 spiro atoms. The molecular weight excluding hydrogens is 1880 g/mol. The van der Waals surface area contributed by atoms with Gasteiger partial charge in [0, 0.05) is 89.3 Å². The van der Waals surface area contributed by atoms with Gasteiger partial charge in [-0.1, -0.05) is 153 Å². The molecule has 0 radical (unpaired) electrons. The summed E-state index contributed by atoms with van der Waals surface area (Å²) in [4.78, 5) is 154. The van der Waals surface area contributed by atoms with Crippen LogP contribution in [0, 0.1) is 0 Å². The molecule has 5 N–H and O–H groups in total. The highest BCUT2D eigenvalue weighted by Crippen LogP contribution is 2.44. The molecule has 666 valence electrons. The minimum atomic E-state index is -4.02. The molecule has 5 atom stereocenters. The number of nitrogens with zero attached hydrogens (tertiary/aromatic N) is 5. The zero-order chi connectivity index (χ0) is 93.3. The number of halogens is 5. The molecule has 130 heavy (non-hydrogen) atoms. The van der Waals surface area contributed by atoms with Crippen molar-refractivity contribution >= 4 is 202 Å². The van der Waals surface area contributed by atoms with E-state index >= 15 is 0 Å². The van der Waals surface area contributed by atoms with E-state index in [0.717, 1.165) is 93.3 Å². The van der Waals surface area contributed by atoms with Crippen LogP contribution in [0.4, 0.5) is 28.4 Å². The fraction of sp³-hybridized carbons (Fsp3) is 0.191. The molecule has 0 bridgehead atoms. The molecule has 2 aliphatic carbocycles. The smallest absolute Gasteiger partial charge is 0.266 e. The number of para-hydroxylation sites is 1. The number of amides is 12. The number of hydrogen-bond donors (Lipinski definition) is 5. The Morgan fingerprint density at radius 1 is 0.308 bits per heavy atom. The molecule has 0 saturated carbocycles. The number of likely N-dealkylation sites (N-methyl/N-ethyl adjacent to an activating group) is 5. The van der Waals surface area contributed by atoms with Crippen LogP contribution >= 0.6 is 62.3 Å². The van der Waals surface area contributed by atoms with Crippen LogP contribution in [0.3, 0.4) is 0 Å². The number of carbonyl (C=O) groups excluding carboxylic acids is 12. The van der Waals surface area contributed by atoms with E-state index in [0.29, 0.717) is 84.1 Å². The Bertz CT molecular complexity index is 6900. The normalized spacial score (nSPS) is 18.6. The predicted molar refractivity (Wildman–Crippen MR) is 494 cm³/mol. The number of imide groups is 2. The first-order chi connectivity index (χ1) is 61.8. The van der Waals surface area contributed by atoms with Crippen molar-refractivity contribution in [3.05, 3.63) is 316 Å². The van der Waals surface area contributed by atoms with Gasteiger partial charge in [-0.25, -0.2) is 38.2 Å². The highest BCUT2D eigenvalue weighted by atomic mass is 79.9. The van der Waals surface area contributed by atoms with Gasteiger partial charge in [-0.2, -0.15) is 0 Å². The quantitative estimate of drug-likeness (QED) is 0.0627. The molecule has 7 aliphatic rings. The van der Waals surface area contributed by atoms with E-state index in [1.54, 1.807) is 200 Å². The van der Waals surface area contributed by atoms with E-state index in [-0.39, 0.29) is 42.3 Å². The third-order valence-corrected chi connectivity index (χ3v) is 30.2. The fourth-order valence-electron chi connectivity index (χ4n) is 16.0. The lowest BCUT2D eigenvalue weighted by molar-refractivity contribution is -0.136. The summed E-state index contributed by atoms with van der Waals surface area (Å²) in [6, 6.07) is 63.9. The Kier molecular flexibility index (Phi) is 27.6. The van der Waals surface area contributed by atoms with Crippen LogP contribution in [0.25, 0.3) is 10.8 Å². The summed E-state index contributed by atoms with van der Waals surface area (Å²) in [5.74, 6) is -12.6. The average molecular weight is 1950 g/mol. The minimum absolute atomic E-state index is 0.0227. The van der Waals surface area contributed by atoms with Gasteiger partial charge < -0.3 is 26.6 Å². The molecule has 0 saturated heterocycles. The lowest BCUT2D eigenvalue weighted by atomic mass is 9.86. The average Bonchev–Trinajstić information content (AvgIpc) is 0.738. The molecule has 28 nitrogen and oxygen atoms in total. The number of anilines is 5. The first kappa shape index (κ1) is 93.4. The Morgan fingerprint density at radius 3 is 0.977 bits per heavy atom. The second kappa shape index (κ2) is 38.5. The van der Waals surface area contributed by atoms with Crippen molar-refractivity contribution in [3.8, 4) is 0 Å². The standard InChI is InChI=1S/C20H19BrN2O4S.C20H18Cl2N2O4S.C20H15ClN2O4S.C17H13ClN2O3.C17H14N2O3/c1-23-20(25)18(19(24)22-15-8-6-14(21)7-9-15)16-10-12-4-2-3-5-13(12)11-17(16)28(23,26)27;1-24-20(26)18(19(25)23-13-6-7-15(21)16(22)10-13)14-8-11-4-2-3-5-12(11)9-17(14)29(24,27)28;1-23-20(25)18(19(24)22-15-8-6-14(21)7-9-15)16-10-12-4-2-3-5-13(12)11-17(16)28(23,26)27;1-20-16(22)13-5-3-2-4-12(13)14(17(20)23)15(21)19-11-8-6-10(18)7-9-11;1-19-16(21)13-10-6-5-9-12(13)14(17(19)22)15(20)18-11-7-3-2-4-8-11/h6-11,18H,2-5H2,1H3,(H,22,24);6-10,18H,2-5H2,1H3,(H,23,25);2-11,18H,1H3,(H,22,24);2-9,14H,1H3,(H,19,21);2-10,14H,1H3,(H,18,20). The lowest BCUT2D eigenvalue weighted by Crippen LogP contribution is -2.46. The third-order valence-electron chi connectivity index (χ3n) is 23.0. The number of rotatable bonds is 10. The second-order valence-corrected chi connectivity index (χ2v) is 39.5. The molecule has 11 aromatic rings. The van der Waals surface area contributed by atoms with Gasteiger partial charge in [0.2, 0.25) is 41.4 Å². The summed E-state index contributed by atoms with van der Waals surface area (Å²) < 4.78 is 79.8. The summed E-state index contributed by atoms with van der Waals surface area (Å²) in [6.07, 6.45) is 7.23. The first-order valence-corrected chi connectivity index (χ1v) is 47.0. The van der Waals surface area contributed by atoms with Crippen molar-refractivity contribution in [1.82, 2.24) is 22.7 Å². The van der Waals surface area contributed by atoms with E-state index < -0.39 is 125 Å². The van der Waals surface area contributed by atoms with Crippen molar-refractivity contribution in [3.63, 3.8) is 0 Å². The maximum atomic E-state index is 13.0. The molecule has 11 aromatic carbocycles. The third kappa shape index (κ3) is 19.0. The molecule has 36 heteroatoms. The molecule has 0 aromatic heterocycles. The van der Waals surface area contributed by atoms with E-state index in [1.807, 2.05) is 12.1 Å². The Balaban J connectivity index is 0.000000132. The second-order valence-electron chi connectivity index (χ2n) is 31.1. The topological polar surface area (TPSA) is 384 Å². The van der Waals surface area contributed by atoms with Crippen LogP contribution in [0.1, 0.15) is 126 Å². The maximum absolute atomic E-state index is 13.0. The van der Waals surface area contributed by atoms with Gasteiger partial charge in [-0.05, 0) is 252 Å². The SMILES string of the molecule is CN1C(=O)C(C(=O)Nc2ccc(Br)cc2)c2cc3c(cc2S1(=O)=O)CCCC3.CN1C(=O)C(C(=O)Nc2ccc(Cl)c(Cl)c2)c2cc3c(cc2S1(=O)=O)CCCC3.CN1C(=O)C(C(=O)Nc2ccc(Cl)cc2)c2cc3ccccc3cc2S1(=O)=O.CN1C(=O)c2ccccc2C(C(=O)Nc2ccc(Cl)cc2)C1=O.CN1C(=O)c2ccccc2C(C(=O)Nc2ccccc2)C1=O. The lowest BCUT2D eigenvalue weighted by Gasteiger charge is -2.32. The van der Waals surface area contributed by atoms with Gasteiger partial charge in [0.05, 0.1) is 24.7 Å². The van der Waals surface area contributed by atoms with Crippen molar-refractivity contribution in [1.29, 1.82) is 0 Å². The van der Waals surface area contributed by atoms with Gasteiger partial charge in [0.25, 0.3) is 59.6 Å². The van der Waals surface area contributed by atoms with Gasteiger partial charge >= 0.3 is 0 Å².